The molecule has 0 bridgehead atoms. The Balaban J connectivity index is 0.00000162. The first kappa shape index (κ1) is 15.7. The third-order valence-corrected chi connectivity index (χ3v) is 3.95. The zero-order valence-corrected chi connectivity index (χ0v) is 12.6. The first-order chi connectivity index (χ1) is 8.31. The average molecular weight is 289 g/mol. The molecule has 0 aliphatic carbocycles. The Labute approximate surface area is 119 Å². The van der Waals surface area contributed by atoms with Crippen molar-refractivity contribution in [2.45, 2.75) is 30.5 Å². The van der Waals surface area contributed by atoms with Crippen LogP contribution in [-0.4, -0.2) is 47.3 Å². The van der Waals surface area contributed by atoms with E-state index in [0.29, 0.717) is 6.04 Å². The molecule has 1 aliphatic rings. The Hall–Kier alpha value is -0.360. The molecule has 0 unspecified atom stereocenters. The largest absolute Gasteiger partial charge is 0.315 e. The quantitative estimate of drug-likeness (QED) is 0.856. The molecule has 1 fully saturated rings. The third-order valence-electron chi connectivity index (χ3n) is 3.22. The van der Waals surface area contributed by atoms with Gasteiger partial charge in [-0.3, -0.25) is 9.88 Å². The number of hydrogen-bond acceptors (Lipinski definition) is 5. The summed E-state index contributed by atoms with van der Waals surface area (Å²) in [6, 6.07) is 0.625. The minimum absolute atomic E-state index is 0. The van der Waals surface area contributed by atoms with E-state index in [0.717, 1.165) is 30.4 Å². The molecule has 0 radical (unpaired) electrons. The Morgan fingerprint density at radius 1 is 1.44 bits per heavy atom. The highest BCUT2D eigenvalue weighted by atomic mass is 35.5. The van der Waals surface area contributed by atoms with Crippen molar-refractivity contribution >= 4 is 24.2 Å². The molecule has 2 rings (SSSR count). The fraction of sp³-hybridized carbons (Fsp3) is 0.667. The number of nitrogens with zero attached hydrogens (tertiary/aromatic N) is 3. The van der Waals surface area contributed by atoms with E-state index in [4.69, 9.17) is 0 Å². The molecule has 1 aromatic heterocycles. The maximum atomic E-state index is 4.44. The Kier molecular flexibility index (Phi) is 6.92. The van der Waals surface area contributed by atoms with Crippen LogP contribution >= 0.6 is 24.2 Å². The van der Waals surface area contributed by atoms with Crippen LogP contribution in [0, 0.1) is 0 Å². The highest BCUT2D eigenvalue weighted by Gasteiger charge is 2.19. The summed E-state index contributed by atoms with van der Waals surface area (Å²) in [5.74, 6) is 0. The number of nitrogens with one attached hydrogen (secondary N) is 1. The van der Waals surface area contributed by atoms with Gasteiger partial charge in [0.25, 0.3) is 0 Å². The van der Waals surface area contributed by atoms with Gasteiger partial charge in [0.05, 0.1) is 5.69 Å². The van der Waals surface area contributed by atoms with Gasteiger partial charge in [0.1, 0.15) is 5.03 Å². The van der Waals surface area contributed by atoms with Gasteiger partial charge < -0.3 is 5.32 Å². The second-order valence-corrected chi connectivity index (χ2v) is 5.22. The molecule has 0 spiro atoms. The number of aromatic nitrogens is 2. The van der Waals surface area contributed by atoms with Crippen LogP contribution < -0.4 is 5.32 Å². The first-order valence-corrected chi connectivity index (χ1v) is 7.28. The average Bonchev–Trinajstić information content (AvgIpc) is 2.40. The topological polar surface area (TPSA) is 41.1 Å². The van der Waals surface area contributed by atoms with E-state index in [1.54, 1.807) is 24.2 Å². The van der Waals surface area contributed by atoms with Gasteiger partial charge in [-0.2, -0.15) is 0 Å². The first-order valence-electron chi connectivity index (χ1n) is 6.06. The van der Waals surface area contributed by atoms with Crippen LogP contribution in [0.4, 0.5) is 0 Å². The summed E-state index contributed by atoms with van der Waals surface area (Å²) >= 11 is 1.67. The van der Waals surface area contributed by atoms with E-state index in [9.17, 15) is 0 Å². The van der Waals surface area contributed by atoms with Crippen LogP contribution in [0.25, 0.3) is 0 Å². The molecular weight excluding hydrogens is 268 g/mol. The molecule has 1 aliphatic heterocycles. The lowest BCUT2D eigenvalue weighted by Crippen LogP contribution is -2.43. The Bertz CT molecular complexity index is 358. The van der Waals surface area contributed by atoms with Gasteiger partial charge in [0.15, 0.2) is 0 Å². The van der Waals surface area contributed by atoms with Crippen molar-refractivity contribution in [3.63, 3.8) is 0 Å². The van der Waals surface area contributed by atoms with Crippen LogP contribution in [0.2, 0.25) is 0 Å². The van der Waals surface area contributed by atoms with Crippen molar-refractivity contribution in [1.82, 2.24) is 20.2 Å². The lowest BCUT2D eigenvalue weighted by atomic mass is 10.1. The molecule has 0 amide bonds. The molecule has 1 N–H and O–H groups in total. The standard InChI is InChI=1S/C12H20N4S.ClH/c1-16(10-4-3-5-13-8-10)9-11-12(17-2)15-7-6-14-11;/h6-7,10,13H,3-5,8-9H2,1-2H3;1H/t10-;/m0./s1. The zero-order valence-electron chi connectivity index (χ0n) is 10.9. The molecule has 1 atom stereocenters. The predicted molar refractivity (Wildman–Crippen MR) is 78.4 cm³/mol. The van der Waals surface area contributed by atoms with Crippen molar-refractivity contribution in [1.29, 1.82) is 0 Å². The van der Waals surface area contributed by atoms with Gasteiger partial charge in [-0.15, -0.1) is 24.2 Å². The molecular formula is C12H21ClN4S. The molecule has 2 heterocycles. The smallest absolute Gasteiger partial charge is 0.119 e. The van der Waals surface area contributed by atoms with E-state index < -0.39 is 0 Å². The summed E-state index contributed by atoms with van der Waals surface area (Å²) in [6.45, 7) is 3.13. The molecule has 4 nitrogen and oxygen atoms in total. The Morgan fingerprint density at radius 3 is 2.89 bits per heavy atom. The molecule has 102 valence electrons. The van der Waals surface area contributed by atoms with Crippen molar-refractivity contribution in [2.24, 2.45) is 0 Å². The van der Waals surface area contributed by atoms with Gasteiger partial charge in [-0.05, 0) is 32.7 Å². The van der Waals surface area contributed by atoms with Crippen molar-refractivity contribution in [3.05, 3.63) is 18.1 Å². The van der Waals surface area contributed by atoms with Crippen molar-refractivity contribution in [2.75, 3.05) is 26.4 Å². The number of thioether (sulfide) groups is 1. The second kappa shape index (κ2) is 7.94. The Morgan fingerprint density at radius 2 is 2.22 bits per heavy atom. The fourth-order valence-electron chi connectivity index (χ4n) is 2.21. The summed E-state index contributed by atoms with van der Waals surface area (Å²) in [4.78, 5) is 11.2. The highest BCUT2D eigenvalue weighted by Crippen LogP contribution is 2.18. The molecule has 0 aromatic carbocycles. The van der Waals surface area contributed by atoms with E-state index in [2.05, 4.69) is 33.5 Å². The lowest BCUT2D eigenvalue weighted by molar-refractivity contribution is 0.192. The number of piperidine rings is 1. The van der Waals surface area contributed by atoms with Crippen molar-refractivity contribution in [3.8, 4) is 0 Å². The van der Waals surface area contributed by atoms with Crippen molar-refractivity contribution < 1.29 is 0 Å². The summed E-state index contributed by atoms with van der Waals surface area (Å²) in [5.41, 5.74) is 1.09. The van der Waals surface area contributed by atoms with Gasteiger partial charge in [-0.1, -0.05) is 0 Å². The van der Waals surface area contributed by atoms with Gasteiger partial charge in [-0.25, -0.2) is 4.98 Å². The number of rotatable bonds is 4. The maximum Gasteiger partial charge on any atom is 0.119 e. The van der Waals surface area contributed by atoms with E-state index in [1.807, 2.05) is 0 Å². The minimum atomic E-state index is 0. The van der Waals surface area contributed by atoms with E-state index in [-0.39, 0.29) is 12.4 Å². The summed E-state index contributed by atoms with van der Waals surface area (Å²) in [7, 11) is 2.18. The maximum absolute atomic E-state index is 4.44. The van der Waals surface area contributed by atoms with E-state index in [1.165, 1.54) is 12.8 Å². The van der Waals surface area contributed by atoms with Gasteiger partial charge >= 0.3 is 0 Å². The molecule has 18 heavy (non-hydrogen) atoms. The zero-order chi connectivity index (χ0) is 12.1. The normalized spacial score (nSPS) is 19.6. The number of hydrogen-bond donors (Lipinski definition) is 1. The molecule has 0 saturated carbocycles. The minimum Gasteiger partial charge on any atom is -0.315 e. The van der Waals surface area contributed by atoms with Crippen LogP contribution in [0.5, 0.6) is 0 Å². The highest BCUT2D eigenvalue weighted by molar-refractivity contribution is 7.98. The molecule has 1 saturated heterocycles. The summed E-state index contributed by atoms with van der Waals surface area (Å²) < 4.78 is 0. The monoisotopic (exact) mass is 288 g/mol. The van der Waals surface area contributed by atoms with E-state index >= 15 is 0 Å². The molecule has 6 heteroatoms. The van der Waals surface area contributed by atoms with Gasteiger partial charge in [0, 0.05) is 31.5 Å². The number of likely N-dealkylation sites (N-methyl/N-ethyl adjacent to an activating group) is 1. The SMILES string of the molecule is CSc1nccnc1CN(C)[C@H]1CCCNC1.Cl. The number of halogens is 1. The van der Waals surface area contributed by atoms with Crippen LogP contribution in [0.1, 0.15) is 18.5 Å². The lowest BCUT2D eigenvalue weighted by Gasteiger charge is -2.31. The predicted octanol–water partition coefficient (Wildman–Crippen LogP) is 1.80. The van der Waals surface area contributed by atoms with Gasteiger partial charge in [0.2, 0.25) is 0 Å². The molecule has 1 aromatic rings. The summed E-state index contributed by atoms with van der Waals surface area (Å²) in [5, 5.41) is 4.49. The van der Waals surface area contributed by atoms with Crippen LogP contribution in [0.15, 0.2) is 17.4 Å². The second-order valence-electron chi connectivity index (χ2n) is 4.43. The third kappa shape index (κ3) is 4.09. The van der Waals surface area contributed by atoms with Crippen LogP contribution in [-0.2, 0) is 6.54 Å². The van der Waals surface area contributed by atoms with Crippen LogP contribution in [0.3, 0.4) is 0 Å². The fourth-order valence-corrected chi connectivity index (χ4v) is 2.73. The summed E-state index contributed by atoms with van der Waals surface area (Å²) in [6.07, 6.45) is 8.14.